The van der Waals surface area contributed by atoms with Gasteiger partial charge in [-0.3, -0.25) is 10.1 Å². The van der Waals surface area contributed by atoms with Crippen LogP contribution in [0.25, 0.3) is 0 Å². The number of ether oxygens (including phenoxy) is 2. The fourth-order valence-electron chi connectivity index (χ4n) is 1.34. The molecule has 0 aliphatic carbocycles. The summed E-state index contributed by atoms with van der Waals surface area (Å²) in [4.78, 5) is 21.0. The van der Waals surface area contributed by atoms with Crippen LogP contribution in [0, 0.1) is 10.1 Å². The minimum atomic E-state index is -1.29. The summed E-state index contributed by atoms with van der Waals surface area (Å²) in [6, 6.07) is 2.52. The number of carboxylic acid groups (broad SMARTS) is 1. The lowest BCUT2D eigenvalue weighted by Gasteiger charge is -2.09. The average Bonchev–Trinajstić information content (AvgIpc) is 2.43. The van der Waals surface area contributed by atoms with Gasteiger partial charge in [0, 0.05) is 7.05 Å². The van der Waals surface area contributed by atoms with Crippen LogP contribution in [0.4, 0.5) is 10.5 Å². The van der Waals surface area contributed by atoms with Crippen LogP contribution < -0.4 is 9.47 Å². The minimum absolute atomic E-state index is 0.0979. The van der Waals surface area contributed by atoms with Crippen LogP contribution in [0.15, 0.2) is 17.2 Å². The summed E-state index contributed by atoms with van der Waals surface area (Å²) in [5.74, 6) is 0.473. The number of benzene rings is 1. The van der Waals surface area contributed by atoms with Crippen molar-refractivity contribution in [1.82, 2.24) is 5.01 Å². The third kappa shape index (κ3) is 3.34. The molecule has 0 radical (unpaired) electrons. The van der Waals surface area contributed by atoms with Gasteiger partial charge < -0.3 is 14.6 Å². The van der Waals surface area contributed by atoms with E-state index in [2.05, 4.69) is 5.10 Å². The van der Waals surface area contributed by atoms with Crippen molar-refractivity contribution in [1.29, 1.82) is 0 Å². The van der Waals surface area contributed by atoms with Crippen LogP contribution >= 0.6 is 0 Å². The molecule has 1 rings (SSSR count). The normalized spacial score (nSPS) is 10.3. The first-order valence-corrected chi connectivity index (χ1v) is 5.31. The van der Waals surface area contributed by atoms with Crippen LogP contribution in [0.3, 0.4) is 0 Å². The van der Waals surface area contributed by atoms with Gasteiger partial charge >= 0.3 is 6.09 Å². The molecule has 1 aromatic rings. The Morgan fingerprint density at radius 1 is 1.40 bits per heavy atom. The number of hydrogen-bond donors (Lipinski definition) is 1. The largest absolute Gasteiger partial charge is 0.493 e. The Morgan fingerprint density at radius 3 is 2.40 bits per heavy atom. The Balaban J connectivity index is 3.29. The van der Waals surface area contributed by atoms with Crippen molar-refractivity contribution in [3.05, 3.63) is 27.8 Å². The summed E-state index contributed by atoms with van der Waals surface area (Å²) in [7, 11) is 3.94. The second-order valence-electron chi connectivity index (χ2n) is 3.57. The summed E-state index contributed by atoms with van der Waals surface area (Å²) in [5, 5.41) is 23.8. The van der Waals surface area contributed by atoms with Gasteiger partial charge in [0.1, 0.15) is 0 Å². The van der Waals surface area contributed by atoms with E-state index in [1.54, 1.807) is 0 Å². The van der Waals surface area contributed by atoms with E-state index in [0.717, 1.165) is 6.21 Å². The monoisotopic (exact) mass is 283 g/mol. The summed E-state index contributed by atoms with van der Waals surface area (Å²) in [6.45, 7) is 0. The Morgan fingerprint density at radius 2 is 1.95 bits per heavy atom. The summed E-state index contributed by atoms with van der Waals surface area (Å²) in [6.07, 6.45) is -0.224. The number of methoxy groups -OCH3 is 2. The number of hydrogen-bond acceptors (Lipinski definition) is 6. The molecule has 1 aromatic carbocycles. The van der Waals surface area contributed by atoms with Gasteiger partial charge in [-0.2, -0.15) is 5.10 Å². The van der Waals surface area contributed by atoms with Crippen molar-refractivity contribution >= 4 is 18.0 Å². The Kier molecular flexibility index (Phi) is 4.84. The molecule has 0 spiro atoms. The molecule has 0 saturated carbocycles. The number of nitrogens with zero attached hydrogens (tertiary/aromatic N) is 3. The van der Waals surface area contributed by atoms with E-state index in [1.165, 1.54) is 33.4 Å². The van der Waals surface area contributed by atoms with E-state index < -0.39 is 11.0 Å². The zero-order chi connectivity index (χ0) is 15.3. The highest BCUT2D eigenvalue weighted by Gasteiger charge is 2.18. The zero-order valence-corrected chi connectivity index (χ0v) is 11.1. The number of rotatable bonds is 5. The van der Waals surface area contributed by atoms with Gasteiger partial charge in [0.15, 0.2) is 11.5 Å². The first-order valence-electron chi connectivity index (χ1n) is 5.31. The van der Waals surface area contributed by atoms with Gasteiger partial charge in [-0.1, -0.05) is 0 Å². The molecule has 20 heavy (non-hydrogen) atoms. The number of amides is 1. The van der Waals surface area contributed by atoms with E-state index in [1.807, 2.05) is 0 Å². The van der Waals surface area contributed by atoms with Crippen molar-refractivity contribution in [2.45, 2.75) is 0 Å². The molecule has 0 aromatic heterocycles. The molecular formula is C11H13N3O6. The van der Waals surface area contributed by atoms with Crippen molar-refractivity contribution < 1.29 is 24.3 Å². The molecule has 0 unspecified atom stereocenters. The second kappa shape index (κ2) is 6.36. The van der Waals surface area contributed by atoms with Crippen LogP contribution in [0.2, 0.25) is 0 Å². The quantitative estimate of drug-likeness (QED) is 0.498. The maximum Gasteiger partial charge on any atom is 0.427 e. The number of hydrazone groups is 1. The molecule has 0 aliphatic heterocycles. The molecule has 0 bridgehead atoms. The number of nitro benzene ring substituents is 1. The van der Waals surface area contributed by atoms with Crippen LogP contribution in [-0.2, 0) is 0 Å². The molecule has 1 amide bonds. The van der Waals surface area contributed by atoms with Crippen molar-refractivity contribution in [2.75, 3.05) is 21.3 Å². The average molecular weight is 283 g/mol. The van der Waals surface area contributed by atoms with E-state index in [-0.39, 0.29) is 22.7 Å². The van der Waals surface area contributed by atoms with E-state index in [4.69, 9.17) is 14.6 Å². The summed E-state index contributed by atoms with van der Waals surface area (Å²) in [5.41, 5.74) is -0.175. The smallest absolute Gasteiger partial charge is 0.427 e. The van der Waals surface area contributed by atoms with Crippen molar-refractivity contribution in [3.63, 3.8) is 0 Å². The van der Waals surface area contributed by atoms with Crippen molar-refractivity contribution in [2.24, 2.45) is 5.10 Å². The van der Waals surface area contributed by atoms with Crippen molar-refractivity contribution in [3.8, 4) is 11.5 Å². The van der Waals surface area contributed by atoms with Gasteiger partial charge in [-0.15, -0.1) is 0 Å². The van der Waals surface area contributed by atoms with Gasteiger partial charge in [0.05, 0.1) is 37.0 Å². The predicted molar refractivity (Wildman–Crippen MR) is 69.6 cm³/mol. The topological polar surface area (TPSA) is 115 Å². The Hall–Kier alpha value is -2.84. The minimum Gasteiger partial charge on any atom is -0.493 e. The van der Waals surface area contributed by atoms with Gasteiger partial charge in [0.25, 0.3) is 5.69 Å². The van der Waals surface area contributed by atoms with Crippen LogP contribution in [0.1, 0.15) is 5.56 Å². The highest BCUT2D eigenvalue weighted by Crippen LogP contribution is 2.33. The standard InChI is InChI=1S/C11H13N3O6/c1-13(11(15)16)12-6-7-4-9(19-2)10(20-3)5-8(7)14(17)18/h4-6H,1-3H3,(H,15,16). The fraction of sp³-hybridized carbons (Fsp3) is 0.273. The van der Waals surface area contributed by atoms with Gasteiger partial charge in [0.2, 0.25) is 0 Å². The first-order chi connectivity index (χ1) is 9.40. The Bertz CT molecular complexity index is 557. The number of carbonyl (C=O) groups is 1. The van der Waals surface area contributed by atoms with E-state index in [0.29, 0.717) is 5.01 Å². The lowest BCUT2D eigenvalue weighted by molar-refractivity contribution is -0.385. The van der Waals surface area contributed by atoms with Gasteiger partial charge in [-0.25, -0.2) is 9.80 Å². The third-order valence-electron chi connectivity index (χ3n) is 2.38. The van der Waals surface area contributed by atoms with Gasteiger partial charge in [-0.05, 0) is 6.07 Å². The van der Waals surface area contributed by atoms with E-state index in [9.17, 15) is 14.9 Å². The second-order valence-corrected chi connectivity index (χ2v) is 3.57. The maximum absolute atomic E-state index is 11.0. The summed E-state index contributed by atoms with van der Waals surface area (Å²) >= 11 is 0. The fourth-order valence-corrected chi connectivity index (χ4v) is 1.34. The third-order valence-corrected chi connectivity index (χ3v) is 2.38. The zero-order valence-electron chi connectivity index (χ0n) is 11.1. The van der Waals surface area contributed by atoms with Crippen LogP contribution in [-0.4, -0.2) is 48.6 Å². The number of nitro groups is 1. The SMILES string of the molecule is COc1cc(C=NN(C)C(=O)O)c([N+](=O)[O-])cc1OC. The van der Waals surface area contributed by atoms with Crippen LogP contribution in [0.5, 0.6) is 11.5 Å². The molecule has 0 saturated heterocycles. The molecule has 0 heterocycles. The summed E-state index contributed by atoms with van der Waals surface area (Å²) < 4.78 is 9.99. The predicted octanol–water partition coefficient (Wildman–Crippen LogP) is 1.56. The first kappa shape index (κ1) is 15.2. The Labute approximate surface area is 114 Å². The molecule has 0 aliphatic rings. The maximum atomic E-state index is 11.0. The molecule has 0 atom stereocenters. The molecule has 108 valence electrons. The molecule has 0 fully saturated rings. The highest BCUT2D eigenvalue weighted by atomic mass is 16.6. The molecule has 1 N–H and O–H groups in total. The molecule has 9 heteroatoms. The van der Waals surface area contributed by atoms with E-state index >= 15 is 0 Å². The molecular weight excluding hydrogens is 270 g/mol. The lowest BCUT2D eigenvalue weighted by atomic mass is 10.1. The highest BCUT2D eigenvalue weighted by molar-refractivity contribution is 5.87. The molecule has 9 nitrogen and oxygen atoms in total. The lowest BCUT2D eigenvalue weighted by Crippen LogP contribution is -2.18.